The third-order valence-electron chi connectivity index (χ3n) is 3.33. The lowest BCUT2D eigenvalue weighted by molar-refractivity contribution is -0.129. The van der Waals surface area contributed by atoms with Crippen molar-refractivity contribution in [3.63, 3.8) is 0 Å². The van der Waals surface area contributed by atoms with Crippen LogP contribution < -0.4 is 0 Å². The van der Waals surface area contributed by atoms with Gasteiger partial charge in [-0.1, -0.05) is 48.5 Å². The number of carbonyl (C=O) groups excluding carboxylic acids is 1. The standard InChI is InChI=1S/C16H22N4OS/c1-4-9-20(10-14-7-5-13(2)6-8-14)15(21)11-22-16-18-17-12-19(16)3/h5-8,12H,4,9-11H2,1-3H3. The van der Waals surface area contributed by atoms with Gasteiger partial charge >= 0.3 is 0 Å². The maximum Gasteiger partial charge on any atom is 0.233 e. The first-order valence-electron chi connectivity index (χ1n) is 7.40. The number of nitrogens with zero attached hydrogens (tertiary/aromatic N) is 4. The molecule has 0 spiro atoms. The van der Waals surface area contributed by atoms with Crippen LogP contribution in [0.3, 0.4) is 0 Å². The van der Waals surface area contributed by atoms with Gasteiger partial charge in [-0.3, -0.25) is 4.79 Å². The van der Waals surface area contributed by atoms with Crippen LogP contribution in [-0.2, 0) is 18.4 Å². The first-order valence-corrected chi connectivity index (χ1v) is 8.38. The van der Waals surface area contributed by atoms with Crippen LogP contribution in [0.15, 0.2) is 35.7 Å². The highest BCUT2D eigenvalue weighted by Crippen LogP contribution is 2.15. The second-order valence-corrected chi connectivity index (χ2v) is 6.26. The van der Waals surface area contributed by atoms with E-state index in [1.807, 2.05) is 16.5 Å². The van der Waals surface area contributed by atoms with E-state index < -0.39 is 0 Å². The van der Waals surface area contributed by atoms with Gasteiger partial charge in [-0.05, 0) is 18.9 Å². The van der Waals surface area contributed by atoms with Gasteiger partial charge in [-0.15, -0.1) is 10.2 Å². The average Bonchev–Trinajstić information content (AvgIpc) is 2.92. The minimum atomic E-state index is 0.135. The van der Waals surface area contributed by atoms with Gasteiger partial charge in [0.15, 0.2) is 5.16 Å². The first kappa shape index (κ1) is 16.5. The van der Waals surface area contributed by atoms with E-state index in [4.69, 9.17) is 0 Å². The maximum absolute atomic E-state index is 12.5. The summed E-state index contributed by atoms with van der Waals surface area (Å²) in [6.45, 7) is 5.58. The molecule has 2 aromatic rings. The molecule has 22 heavy (non-hydrogen) atoms. The Morgan fingerprint density at radius 3 is 2.64 bits per heavy atom. The Labute approximate surface area is 135 Å². The SMILES string of the molecule is CCCN(Cc1ccc(C)cc1)C(=O)CSc1nncn1C. The van der Waals surface area contributed by atoms with Crippen LogP contribution in [0, 0.1) is 6.92 Å². The van der Waals surface area contributed by atoms with E-state index in [-0.39, 0.29) is 5.91 Å². The van der Waals surface area contributed by atoms with Crippen molar-refractivity contribution in [3.05, 3.63) is 41.7 Å². The molecule has 2 rings (SSSR count). The monoisotopic (exact) mass is 318 g/mol. The zero-order valence-corrected chi connectivity index (χ0v) is 14.1. The molecule has 0 fully saturated rings. The summed E-state index contributed by atoms with van der Waals surface area (Å²) in [4.78, 5) is 14.4. The van der Waals surface area contributed by atoms with Crippen LogP contribution in [0.5, 0.6) is 0 Å². The molecule has 0 bridgehead atoms. The van der Waals surface area contributed by atoms with Gasteiger partial charge in [0.2, 0.25) is 5.91 Å². The molecule has 0 atom stereocenters. The molecular weight excluding hydrogens is 296 g/mol. The topological polar surface area (TPSA) is 51.0 Å². The van der Waals surface area contributed by atoms with Gasteiger partial charge in [0.1, 0.15) is 6.33 Å². The molecule has 1 heterocycles. The van der Waals surface area contributed by atoms with Crippen molar-refractivity contribution in [3.8, 4) is 0 Å². The number of thioether (sulfide) groups is 1. The van der Waals surface area contributed by atoms with Crippen molar-refractivity contribution >= 4 is 17.7 Å². The van der Waals surface area contributed by atoms with Crippen LogP contribution in [0.4, 0.5) is 0 Å². The van der Waals surface area contributed by atoms with Crippen molar-refractivity contribution < 1.29 is 4.79 Å². The summed E-state index contributed by atoms with van der Waals surface area (Å²) in [7, 11) is 1.88. The van der Waals surface area contributed by atoms with E-state index in [2.05, 4.69) is 48.3 Å². The molecule has 0 radical (unpaired) electrons. The molecule has 0 aliphatic heterocycles. The molecule has 0 N–H and O–H groups in total. The summed E-state index contributed by atoms with van der Waals surface area (Å²) >= 11 is 1.43. The minimum absolute atomic E-state index is 0.135. The van der Waals surface area contributed by atoms with Crippen molar-refractivity contribution in [2.45, 2.75) is 32.0 Å². The Bertz CT molecular complexity index is 609. The minimum Gasteiger partial charge on any atom is -0.338 e. The van der Waals surface area contributed by atoms with E-state index >= 15 is 0 Å². The summed E-state index contributed by atoms with van der Waals surface area (Å²) in [6, 6.07) is 8.33. The van der Waals surface area contributed by atoms with Gasteiger partial charge in [0, 0.05) is 20.1 Å². The lowest BCUT2D eigenvalue weighted by Crippen LogP contribution is -2.32. The van der Waals surface area contributed by atoms with Gasteiger partial charge < -0.3 is 9.47 Å². The molecule has 1 aromatic heterocycles. The Morgan fingerprint density at radius 2 is 2.05 bits per heavy atom. The summed E-state index contributed by atoms with van der Waals surface area (Å²) in [5.74, 6) is 0.522. The highest BCUT2D eigenvalue weighted by atomic mass is 32.2. The van der Waals surface area contributed by atoms with Crippen LogP contribution in [0.25, 0.3) is 0 Å². The highest BCUT2D eigenvalue weighted by molar-refractivity contribution is 7.99. The number of hydrogen-bond donors (Lipinski definition) is 0. The van der Waals surface area contributed by atoms with E-state index in [0.717, 1.165) is 23.7 Å². The van der Waals surface area contributed by atoms with Crippen molar-refractivity contribution in [2.24, 2.45) is 7.05 Å². The van der Waals surface area contributed by atoms with Crippen LogP contribution in [0.2, 0.25) is 0 Å². The molecule has 0 saturated carbocycles. The second kappa shape index (κ2) is 7.98. The van der Waals surface area contributed by atoms with E-state index in [1.54, 1.807) is 6.33 Å². The number of hydrogen-bond acceptors (Lipinski definition) is 4. The Balaban J connectivity index is 1.95. The fourth-order valence-corrected chi connectivity index (χ4v) is 2.89. The Hall–Kier alpha value is -1.82. The molecule has 0 saturated heterocycles. The van der Waals surface area contributed by atoms with Gasteiger partial charge in [-0.25, -0.2) is 0 Å². The van der Waals surface area contributed by atoms with E-state index in [9.17, 15) is 4.79 Å². The fourth-order valence-electron chi connectivity index (χ4n) is 2.10. The third-order valence-corrected chi connectivity index (χ3v) is 4.35. The van der Waals surface area contributed by atoms with Crippen molar-refractivity contribution in [1.82, 2.24) is 19.7 Å². The quantitative estimate of drug-likeness (QED) is 0.737. The predicted octanol–water partition coefficient (Wildman–Crippen LogP) is 2.65. The molecule has 0 unspecified atom stereocenters. The normalized spacial score (nSPS) is 10.7. The zero-order valence-electron chi connectivity index (χ0n) is 13.3. The molecule has 1 amide bonds. The zero-order chi connectivity index (χ0) is 15.9. The summed E-state index contributed by atoms with van der Waals surface area (Å²) in [6.07, 6.45) is 2.59. The van der Waals surface area contributed by atoms with Gasteiger partial charge in [0.05, 0.1) is 5.75 Å². The molecule has 0 aliphatic rings. The number of aromatic nitrogens is 3. The summed E-state index contributed by atoms with van der Waals surface area (Å²) in [5, 5.41) is 8.58. The Kier molecular flexibility index (Phi) is 6.00. The molecule has 5 nitrogen and oxygen atoms in total. The summed E-state index contributed by atoms with van der Waals surface area (Å²) < 4.78 is 1.82. The highest BCUT2D eigenvalue weighted by Gasteiger charge is 2.15. The number of rotatable bonds is 7. The molecule has 1 aromatic carbocycles. The molecule has 6 heteroatoms. The number of carbonyl (C=O) groups is 1. The van der Waals surface area contributed by atoms with Crippen LogP contribution in [0.1, 0.15) is 24.5 Å². The van der Waals surface area contributed by atoms with Crippen LogP contribution in [-0.4, -0.2) is 37.9 Å². The van der Waals surface area contributed by atoms with E-state index in [1.165, 1.54) is 17.3 Å². The third kappa shape index (κ3) is 4.59. The van der Waals surface area contributed by atoms with Crippen molar-refractivity contribution in [1.29, 1.82) is 0 Å². The van der Waals surface area contributed by atoms with Gasteiger partial charge in [-0.2, -0.15) is 0 Å². The Morgan fingerprint density at radius 1 is 1.32 bits per heavy atom. The smallest absolute Gasteiger partial charge is 0.233 e. The average molecular weight is 318 g/mol. The van der Waals surface area contributed by atoms with E-state index in [0.29, 0.717) is 12.3 Å². The fraction of sp³-hybridized carbons (Fsp3) is 0.438. The maximum atomic E-state index is 12.5. The molecule has 0 aliphatic carbocycles. The lowest BCUT2D eigenvalue weighted by atomic mass is 10.1. The number of benzene rings is 1. The van der Waals surface area contributed by atoms with Gasteiger partial charge in [0.25, 0.3) is 0 Å². The summed E-state index contributed by atoms with van der Waals surface area (Å²) in [5.41, 5.74) is 2.39. The predicted molar refractivity (Wildman–Crippen MR) is 88.6 cm³/mol. The number of aryl methyl sites for hydroxylation is 2. The molecular formula is C16H22N4OS. The van der Waals surface area contributed by atoms with Crippen molar-refractivity contribution in [2.75, 3.05) is 12.3 Å². The lowest BCUT2D eigenvalue weighted by Gasteiger charge is -2.22. The largest absolute Gasteiger partial charge is 0.338 e. The second-order valence-electron chi connectivity index (χ2n) is 5.31. The number of amides is 1. The van der Waals surface area contributed by atoms with Crippen LogP contribution >= 0.6 is 11.8 Å². The first-order chi connectivity index (χ1) is 10.6. The molecule has 118 valence electrons.